The molecule has 0 saturated carbocycles. The van der Waals surface area contributed by atoms with Gasteiger partial charge in [0.05, 0.1) is 17.1 Å². The SMILES string of the molecule is CCOC(=O)c1c(NC(=O)/C(C#N)=C/c2ccc([N+](=O)[O-])cc2)sc2c1CCC(CC)C2. The molecule has 0 saturated heterocycles. The van der Waals surface area contributed by atoms with E-state index in [0.29, 0.717) is 22.0 Å². The van der Waals surface area contributed by atoms with Crippen molar-refractivity contribution in [3.63, 3.8) is 0 Å². The quantitative estimate of drug-likeness (QED) is 0.209. The molecule has 1 heterocycles. The highest BCUT2D eigenvalue weighted by Crippen LogP contribution is 2.41. The van der Waals surface area contributed by atoms with Crippen molar-refractivity contribution in [2.45, 2.75) is 39.5 Å². The second kappa shape index (κ2) is 10.2. The molecule has 1 N–H and O–H groups in total. The smallest absolute Gasteiger partial charge is 0.341 e. The van der Waals surface area contributed by atoms with E-state index in [0.717, 1.165) is 36.1 Å². The number of carbonyl (C=O) groups excluding carboxylic acids is 2. The summed E-state index contributed by atoms with van der Waals surface area (Å²) in [4.78, 5) is 36.8. The maximum atomic E-state index is 12.8. The van der Waals surface area contributed by atoms with Crippen LogP contribution in [0.2, 0.25) is 0 Å². The average molecular weight is 454 g/mol. The number of ether oxygens (including phenoxy) is 1. The maximum absolute atomic E-state index is 12.8. The van der Waals surface area contributed by atoms with Crippen LogP contribution in [0.1, 0.15) is 53.1 Å². The number of nitriles is 1. The predicted octanol–water partition coefficient (Wildman–Crippen LogP) is 4.89. The van der Waals surface area contributed by atoms with E-state index in [1.54, 1.807) is 6.92 Å². The lowest BCUT2D eigenvalue weighted by molar-refractivity contribution is -0.384. The number of hydrogen-bond donors (Lipinski definition) is 1. The van der Waals surface area contributed by atoms with Crippen molar-refractivity contribution < 1.29 is 19.2 Å². The topological polar surface area (TPSA) is 122 Å². The summed E-state index contributed by atoms with van der Waals surface area (Å²) in [7, 11) is 0. The molecule has 0 bridgehead atoms. The first-order valence-corrected chi connectivity index (χ1v) is 11.2. The van der Waals surface area contributed by atoms with Gasteiger partial charge in [0.15, 0.2) is 0 Å². The number of carbonyl (C=O) groups is 2. The number of non-ortho nitro benzene ring substituents is 1. The van der Waals surface area contributed by atoms with Crippen LogP contribution < -0.4 is 5.32 Å². The van der Waals surface area contributed by atoms with E-state index in [-0.39, 0.29) is 17.9 Å². The molecule has 32 heavy (non-hydrogen) atoms. The Bertz CT molecular complexity index is 1110. The molecule has 1 aliphatic carbocycles. The predicted molar refractivity (Wildman–Crippen MR) is 121 cm³/mol. The van der Waals surface area contributed by atoms with Gasteiger partial charge in [0.2, 0.25) is 0 Å². The molecule has 1 aromatic carbocycles. The van der Waals surface area contributed by atoms with E-state index in [1.165, 1.54) is 41.7 Å². The largest absolute Gasteiger partial charge is 0.462 e. The molecule has 166 valence electrons. The zero-order valence-electron chi connectivity index (χ0n) is 17.8. The third kappa shape index (κ3) is 5.03. The molecule has 8 nitrogen and oxygen atoms in total. The van der Waals surface area contributed by atoms with Crippen molar-refractivity contribution in [2.75, 3.05) is 11.9 Å². The number of nitrogens with one attached hydrogen (secondary N) is 1. The van der Waals surface area contributed by atoms with Crippen LogP contribution >= 0.6 is 11.3 Å². The molecule has 1 aromatic heterocycles. The fraction of sp³-hybridized carbons (Fsp3) is 0.348. The molecule has 0 spiro atoms. The molecule has 9 heteroatoms. The van der Waals surface area contributed by atoms with Gasteiger partial charge in [-0.1, -0.05) is 13.3 Å². The van der Waals surface area contributed by atoms with Crippen LogP contribution in [0.25, 0.3) is 6.08 Å². The first kappa shape index (κ1) is 23.2. The van der Waals surface area contributed by atoms with Crippen LogP contribution in [0.3, 0.4) is 0 Å². The van der Waals surface area contributed by atoms with Crippen molar-refractivity contribution in [3.8, 4) is 6.07 Å². The number of benzene rings is 1. The molecular weight excluding hydrogens is 430 g/mol. The fourth-order valence-electron chi connectivity index (χ4n) is 3.69. The van der Waals surface area contributed by atoms with Crippen molar-refractivity contribution in [3.05, 3.63) is 61.5 Å². The van der Waals surface area contributed by atoms with Gasteiger partial charge >= 0.3 is 5.97 Å². The minimum atomic E-state index is -0.651. The highest BCUT2D eigenvalue weighted by atomic mass is 32.1. The number of fused-ring (bicyclic) bond motifs is 1. The van der Waals surface area contributed by atoms with E-state index >= 15 is 0 Å². The molecule has 1 unspecified atom stereocenters. The fourth-order valence-corrected chi connectivity index (χ4v) is 5.03. The van der Waals surface area contributed by atoms with Gasteiger partial charge in [0.25, 0.3) is 11.6 Å². The van der Waals surface area contributed by atoms with Crippen LogP contribution in [0.5, 0.6) is 0 Å². The highest BCUT2D eigenvalue weighted by molar-refractivity contribution is 7.17. The number of nitro benzene ring substituents is 1. The number of esters is 1. The summed E-state index contributed by atoms with van der Waals surface area (Å²) in [5.74, 6) is -0.591. The van der Waals surface area contributed by atoms with Crippen LogP contribution in [-0.2, 0) is 22.4 Å². The molecule has 1 aliphatic rings. The summed E-state index contributed by atoms with van der Waals surface area (Å²) in [5, 5.41) is 23.4. The monoisotopic (exact) mass is 453 g/mol. The van der Waals surface area contributed by atoms with E-state index in [4.69, 9.17) is 4.74 Å². The summed E-state index contributed by atoms with van der Waals surface area (Å²) in [6.45, 7) is 4.08. The van der Waals surface area contributed by atoms with Gasteiger partial charge in [-0.15, -0.1) is 11.3 Å². The van der Waals surface area contributed by atoms with E-state index in [2.05, 4.69) is 12.2 Å². The lowest BCUT2D eigenvalue weighted by atomic mass is 9.85. The van der Waals surface area contributed by atoms with Gasteiger partial charge in [-0.05, 0) is 61.4 Å². The standard InChI is InChI=1S/C23H23N3O5S/c1-3-14-7-10-18-19(12-14)32-22(20(18)23(28)31-4-2)25-21(27)16(13-24)11-15-5-8-17(9-6-15)26(29)30/h5-6,8-9,11,14H,3-4,7,10,12H2,1-2H3,(H,25,27)/b16-11+. The average Bonchev–Trinajstić information content (AvgIpc) is 3.14. The van der Waals surface area contributed by atoms with Crippen LogP contribution in [0.15, 0.2) is 29.8 Å². The van der Waals surface area contributed by atoms with Crippen molar-refractivity contribution in [2.24, 2.45) is 5.92 Å². The van der Waals surface area contributed by atoms with Crippen LogP contribution in [-0.4, -0.2) is 23.4 Å². The van der Waals surface area contributed by atoms with Crippen molar-refractivity contribution in [1.29, 1.82) is 5.26 Å². The number of anilines is 1. The Balaban J connectivity index is 1.90. The summed E-state index contributed by atoms with van der Waals surface area (Å²) >= 11 is 1.36. The molecule has 0 aliphatic heterocycles. The van der Waals surface area contributed by atoms with E-state index in [9.17, 15) is 25.0 Å². The summed E-state index contributed by atoms with van der Waals surface area (Å²) in [6, 6.07) is 7.38. The van der Waals surface area contributed by atoms with Crippen molar-refractivity contribution >= 4 is 40.0 Å². The Morgan fingerprint density at radius 1 is 1.34 bits per heavy atom. The zero-order valence-corrected chi connectivity index (χ0v) is 18.7. The first-order valence-electron chi connectivity index (χ1n) is 10.4. The molecule has 3 rings (SSSR count). The Morgan fingerprint density at radius 2 is 2.06 bits per heavy atom. The molecule has 1 amide bonds. The van der Waals surface area contributed by atoms with Gasteiger partial charge in [0.1, 0.15) is 16.6 Å². The van der Waals surface area contributed by atoms with Gasteiger partial charge in [-0.2, -0.15) is 5.26 Å². The number of amides is 1. The lowest BCUT2D eigenvalue weighted by Gasteiger charge is -2.20. The second-order valence-electron chi connectivity index (χ2n) is 7.42. The summed E-state index contributed by atoms with van der Waals surface area (Å²) in [5.41, 5.74) is 1.52. The highest BCUT2D eigenvalue weighted by Gasteiger charge is 2.30. The number of rotatable bonds is 7. The summed E-state index contributed by atoms with van der Waals surface area (Å²) in [6.07, 6.45) is 4.97. The van der Waals surface area contributed by atoms with Gasteiger partial charge in [-0.25, -0.2) is 4.79 Å². The third-order valence-electron chi connectivity index (χ3n) is 5.43. The molecule has 2 aromatic rings. The van der Waals surface area contributed by atoms with Crippen molar-refractivity contribution in [1.82, 2.24) is 0 Å². The molecule has 0 radical (unpaired) electrons. The van der Waals surface area contributed by atoms with E-state index in [1.807, 2.05) is 6.07 Å². The molecular formula is C23H23N3O5S. The molecule has 1 atom stereocenters. The Morgan fingerprint density at radius 3 is 2.66 bits per heavy atom. The van der Waals surface area contributed by atoms with E-state index < -0.39 is 16.8 Å². The minimum Gasteiger partial charge on any atom is -0.462 e. The lowest BCUT2D eigenvalue weighted by Crippen LogP contribution is -2.17. The molecule has 0 fully saturated rings. The van der Waals surface area contributed by atoms with Crippen LogP contribution in [0, 0.1) is 27.4 Å². The Kier molecular flexibility index (Phi) is 7.38. The maximum Gasteiger partial charge on any atom is 0.341 e. The number of nitro groups is 1. The van der Waals surface area contributed by atoms with Gasteiger partial charge < -0.3 is 10.1 Å². The third-order valence-corrected chi connectivity index (χ3v) is 6.60. The zero-order chi connectivity index (χ0) is 23.3. The number of hydrogen-bond acceptors (Lipinski definition) is 7. The van der Waals surface area contributed by atoms with Crippen LogP contribution in [0.4, 0.5) is 10.7 Å². The first-order chi connectivity index (χ1) is 15.4. The summed E-state index contributed by atoms with van der Waals surface area (Å²) < 4.78 is 5.22. The number of thiophene rings is 1. The number of nitrogens with zero attached hydrogens (tertiary/aromatic N) is 2. The van der Waals surface area contributed by atoms with Gasteiger partial charge in [0, 0.05) is 17.0 Å². The normalized spacial score (nSPS) is 15.4. The Hall–Kier alpha value is -3.51. The second-order valence-corrected chi connectivity index (χ2v) is 8.52. The van der Waals surface area contributed by atoms with Gasteiger partial charge in [-0.3, -0.25) is 14.9 Å². The Labute approximate surface area is 189 Å². The minimum absolute atomic E-state index is 0.0845.